The molecule has 1 aliphatic heterocycles. The van der Waals surface area contributed by atoms with Gasteiger partial charge >= 0.3 is 0 Å². The quantitative estimate of drug-likeness (QED) is 0.374. The first-order valence-electron chi connectivity index (χ1n) is 5.89. The number of anilines is 1. The average Bonchev–Trinajstić information content (AvgIpc) is 2.41. The van der Waals surface area contributed by atoms with Gasteiger partial charge in [0.25, 0.3) is 0 Å². The minimum atomic E-state index is -1.45. The maximum Gasteiger partial charge on any atom is 0.157 e. The first kappa shape index (κ1) is 14.0. The van der Waals surface area contributed by atoms with Crippen molar-refractivity contribution in [3.8, 4) is 5.75 Å². The normalized spacial score (nSPS) is 35.1. The second kappa shape index (κ2) is 5.72. The predicted octanol–water partition coefficient (Wildman–Crippen LogP) is -1.40. The second-order valence-electron chi connectivity index (χ2n) is 4.41. The highest BCUT2D eigenvalue weighted by atomic mass is 16.6. The lowest BCUT2D eigenvalue weighted by molar-refractivity contribution is -0.221. The van der Waals surface area contributed by atoms with Crippen LogP contribution in [0.4, 0.5) is 5.69 Å². The molecule has 1 aromatic carbocycles. The molecule has 6 N–H and O–H groups in total. The molecule has 1 heterocycles. The number of phenolic OH excluding ortho intramolecular Hbond substituents is 1. The zero-order valence-corrected chi connectivity index (χ0v) is 10.0. The van der Waals surface area contributed by atoms with Crippen LogP contribution in [0, 0.1) is 0 Å². The van der Waals surface area contributed by atoms with E-state index in [0.29, 0.717) is 5.69 Å². The molecule has 7 heteroatoms. The molecule has 0 spiro atoms. The Kier molecular flexibility index (Phi) is 4.23. The summed E-state index contributed by atoms with van der Waals surface area (Å²) in [7, 11) is 0. The first-order valence-corrected chi connectivity index (χ1v) is 5.89. The van der Waals surface area contributed by atoms with Gasteiger partial charge in [-0.3, -0.25) is 0 Å². The molecule has 1 aromatic rings. The number of para-hydroxylation sites is 2. The predicted molar refractivity (Wildman–Crippen MR) is 65.5 cm³/mol. The average molecular weight is 271 g/mol. The zero-order chi connectivity index (χ0) is 14.0. The summed E-state index contributed by atoms with van der Waals surface area (Å²) >= 11 is 0. The van der Waals surface area contributed by atoms with Crippen LogP contribution in [-0.4, -0.2) is 62.8 Å². The summed E-state index contributed by atoms with van der Waals surface area (Å²) in [5.74, 6) is -0.0422. The highest BCUT2D eigenvalue weighted by Crippen LogP contribution is 2.27. The van der Waals surface area contributed by atoms with Crippen molar-refractivity contribution in [2.75, 3.05) is 11.9 Å². The minimum Gasteiger partial charge on any atom is -0.506 e. The number of rotatable bonds is 3. The molecule has 0 bridgehead atoms. The van der Waals surface area contributed by atoms with Gasteiger partial charge in [0.1, 0.15) is 30.2 Å². The third-order valence-corrected chi connectivity index (χ3v) is 3.09. The van der Waals surface area contributed by atoms with Gasteiger partial charge in [0.05, 0.1) is 12.3 Å². The molecule has 7 nitrogen and oxygen atoms in total. The Labute approximate surface area is 109 Å². The number of aromatic hydroxyl groups is 1. The van der Waals surface area contributed by atoms with E-state index in [1.165, 1.54) is 6.07 Å². The molecule has 1 fully saturated rings. The van der Waals surface area contributed by atoms with Crippen LogP contribution in [-0.2, 0) is 4.74 Å². The summed E-state index contributed by atoms with van der Waals surface area (Å²) in [6, 6.07) is 6.32. The molecule has 0 amide bonds. The topological polar surface area (TPSA) is 122 Å². The maximum absolute atomic E-state index is 9.81. The van der Waals surface area contributed by atoms with Gasteiger partial charge in [-0.05, 0) is 12.1 Å². The van der Waals surface area contributed by atoms with Crippen LogP contribution < -0.4 is 5.32 Å². The lowest BCUT2D eigenvalue weighted by atomic mass is 9.98. The van der Waals surface area contributed by atoms with Gasteiger partial charge in [-0.2, -0.15) is 0 Å². The van der Waals surface area contributed by atoms with Crippen LogP contribution in [0.25, 0.3) is 0 Å². The maximum atomic E-state index is 9.81. The van der Waals surface area contributed by atoms with Crippen molar-refractivity contribution >= 4 is 5.69 Å². The molecular weight excluding hydrogens is 254 g/mol. The molecule has 0 unspecified atom stereocenters. The Balaban J connectivity index is 2.13. The van der Waals surface area contributed by atoms with E-state index >= 15 is 0 Å². The third kappa shape index (κ3) is 2.80. The number of hydrogen-bond donors (Lipinski definition) is 6. The highest BCUT2D eigenvalue weighted by Gasteiger charge is 2.43. The number of ether oxygens (including phenoxy) is 1. The fourth-order valence-electron chi connectivity index (χ4n) is 1.97. The van der Waals surface area contributed by atoms with Crippen molar-refractivity contribution in [3.63, 3.8) is 0 Å². The summed E-state index contributed by atoms with van der Waals surface area (Å²) in [4.78, 5) is 0. The van der Waals surface area contributed by atoms with Crippen molar-refractivity contribution < 1.29 is 30.3 Å². The van der Waals surface area contributed by atoms with Gasteiger partial charge in [0.2, 0.25) is 0 Å². The molecule has 19 heavy (non-hydrogen) atoms. The number of phenols is 1. The molecular formula is C12H17NO6. The van der Waals surface area contributed by atoms with Crippen LogP contribution in [0.1, 0.15) is 0 Å². The molecule has 1 aliphatic rings. The molecule has 0 radical (unpaired) electrons. The van der Waals surface area contributed by atoms with E-state index in [2.05, 4.69) is 5.32 Å². The Hall–Kier alpha value is -1.38. The molecule has 1 saturated heterocycles. The van der Waals surface area contributed by atoms with E-state index < -0.39 is 37.3 Å². The summed E-state index contributed by atoms with van der Waals surface area (Å²) in [5.41, 5.74) is 0.312. The highest BCUT2D eigenvalue weighted by molar-refractivity contribution is 5.55. The standard InChI is InChI=1S/C12H17NO6/c14-5-8-9(16)10(17)11(18)12(19-8)13-6-3-1-2-4-7(6)15/h1-4,8-18H,5H2/t8-,9+,10+,11+,12+/m0/s1. The van der Waals surface area contributed by atoms with Crippen LogP contribution in [0.3, 0.4) is 0 Å². The van der Waals surface area contributed by atoms with E-state index in [4.69, 9.17) is 9.84 Å². The van der Waals surface area contributed by atoms with Crippen molar-refractivity contribution in [3.05, 3.63) is 24.3 Å². The van der Waals surface area contributed by atoms with Gasteiger partial charge in [0.15, 0.2) is 6.23 Å². The van der Waals surface area contributed by atoms with Crippen LogP contribution in [0.5, 0.6) is 5.75 Å². The van der Waals surface area contributed by atoms with Crippen molar-refractivity contribution in [2.45, 2.75) is 30.6 Å². The third-order valence-electron chi connectivity index (χ3n) is 3.09. The minimum absolute atomic E-state index is 0.0422. The Morgan fingerprint density at radius 1 is 1.05 bits per heavy atom. The van der Waals surface area contributed by atoms with E-state index in [-0.39, 0.29) is 5.75 Å². The lowest BCUT2D eigenvalue weighted by Crippen LogP contribution is -2.60. The van der Waals surface area contributed by atoms with E-state index in [0.717, 1.165) is 0 Å². The zero-order valence-electron chi connectivity index (χ0n) is 10.0. The number of hydrogen-bond acceptors (Lipinski definition) is 7. The van der Waals surface area contributed by atoms with Gasteiger partial charge in [-0.1, -0.05) is 12.1 Å². The van der Waals surface area contributed by atoms with Gasteiger partial charge < -0.3 is 35.6 Å². The summed E-state index contributed by atoms with van der Waals surface area (Å²) < 4.78 is 5.26. The summed E-state index contributed by atoms with van der Waals surface area (Å²) in [5, 5.41) is 50.4. The smallest absolute Gasteiger partial charge is 0.157 e. The number of nitrogens with one attached hydrogen (secondary N) is 1. The Bertz CT molecular complexity index is 426. The lowest BCUT2D eigenvalue weighted by Gasteiger charge is -2.40. The van der Waals surface area contributed by atoms with Crippen molar-refractivity contribution in [2.24, 2.45) is 0 Å². The summed E-state index contributed by atoms with van der Waals surface area (Å²) in [6.45, 7) is -0.496. The van der Waals surface area contributed by atoms with E-state index in [9.17, 15) is 20.4 Å². The molecule has 5 atom stereocenters. The monoisotopic (exact) mass is 271 g/mol. The van der Waals surface area contributed by atoms with Crippen LogP contribution in [0.15, 0.2) is 24.3 Å². The van der Waals surface area contributed by atoms with Gasteiger partial charge in [-0.25, -0.2) is 0 Å². The van der Waals surface area contributed by atoms with E-state index in [1.54, 1.807) is 18.2 Å². The first-order chi connectivity index (χ1) is 9.04. The molecule has 0 aliphatic carbocycles. The molecule has 106 valence electrons. The fraction of sp³-hybridized carbons (Fsp3) is 0.500. The number of benzene rings is 1. The van der Waals surface area contributed by atoms with Crippen molar-refractivity contribution in [1.29, 1.82) is 0 Å². The second-order valence-corrected chi connectivity index (χ2v) is 4.41. The SMILES string of the molecule is OC[C@@H]1O[C@@H](Nc2ccccc2O)[C@H](O)[C@H](O)[C@@H]1O. The van der Waals surface area contributed by atoms with Crippen LogP contribution in [0.2, 0.25) is 0 Å². The van der Waals surface area contributed by atoms with E-state index in [1.807, 2.05) is 0 Å². The molecule has 2 rings (SSSR count). The Morgan fingerprint density at radius 3 is 2.37 bits per heavy atom. The fourth-order valence-corrected chi connectivity index (χ4v) is 1.97. The van der Waals surface area contributed by atoms with Crippen LogP contribution >= 0.6 is 0 Å². The number of aliphatic hydroxyl groups is 4. The largest absolute Gasteiger partial charge is 0.506 e. The molecule has 0 saturated carbocycles. The molecule has 0 aromatic heterocycles. The summed E-state index contributed by atoms with van der Waals surface area (Å²) in [6.07, 6.45) is -6.28. The van der Waals surface area contributed by atoms with Gasteiger partial charge in [0, 0.05) is 0 Å². The van der Waals surface area contributed by atoms with Crippen molar-refractivity contribution in [1.82, 2.24) is 0 Å². The van der Waals surface area contributed by atoms with Gasteiger partial charge in [-0.15, -0.1) is 0 Å². The number of aliphatic hydroxyl groups excluding tert-OH is 4. The Morgan fingerprint density at radius 2 is 1.74 bits per heavy atom.